The third-order valence-electron chi connectivity index (χ3n) is 7.83. The number of nitrogens with zero attached hydrogens (tertiary/aromatic N) is 3. The maximum atomic E-state index is 5.11. The molecule has 0 unspecified atom stereocenters. The van der Waals surface area contributed by atoms with E-state index in [4.69, 9.17) is 4.98 Å². The van der Waals surface area contributed by atoms with Gasteiger partial charge in [-0.15, -0.1) is 0 Å². The number of hydrogen-bond donors (Lipinski definition) is 0. The van der Waals surface area contributed by atoms with E-state index in [-0.39, 0.29) is 0 Å². The molecule has 1 aliphatic heterocycles. The molecule has 0 radical (unpaired) electrons. The monoisotopic (exact) mass is 487 g/mol. The highest BCUT2D eigenvalue weighted by Crippen LogP contribution is 2.50. The van der Waals surface area contributed by atoms with Gasteiger partial charge in [0, 0.05) is 17.7 Å². The van der Waals surface area contributed by atoms with E-state index < -0.39 is 0 Å². The molecular weight excluding hydrogens is 462 g/mol. The van der Waals surface area contributed by atoms with Crippen molar-refractivity contribution in [2.45, 2.75) is 13.3 Å². The van der Waals surface area contributed by atoms with Crippen LogP contribution in [0.5, 0.6) is 0 Å². The first-order valence-electron chi connectivity index (χ1n) is 13.2. The molecule has 180 valence electrons. The molecule has 0 N–H and O–H groups in total. The van der Waals surface area contributed by atoms with Crippen LogP contribution in [0.25, 0.3) is 49.4 Å². The first-order valence-corrected chi connectivity index (χ1v) is 13.2. The molecule has 1 aliphatic rings. The first kappa shape index (κ1) is 21.2. The van der Waals surface area contributed by atoms with Crippen LogP contribution in [-0.2, 0) is 6.42 Å². The third-order valence-corrected chi connectivity index (χ3v) is 7.83. The number of hydrogen-bond acceptors (Lipinski definition) is 2. The highest BCUT2D eigenvalue weighted by atomic mass is 15.2. The molecule has 1 aromatic heterocycles. The lowest BCUT2D eigenvalue weighted by molar-refractivity contribution is 0.901. The summed E-state index contributed by atoms with van der Waals surface area (Å²) in [4.78, 5) is 7.51. The van der Waals surface area contributed by atoms with Gasteiger partial charge in [-0.1, -0.05) is 91.9 Å². The van der Waals surface area contributed by atoms with Gasteiger partial charge in [0.15, 0.2) is 0 Å². The molecule has 0 bridgehead atoms. The summed E-state index contributed by atoms with van der Waals surface area (Å²) in [7, 11) is 0. The van der Waals surface area contributed by atoms with Crippen molar-refractivity contribution in [1.82, 2.24) is 9.55 Å². The van der Waals surface area contributed by atoms with Gasteiger partial charge in [-0.2, -0.15) is 0 Å². The Morgan fingerprint density at radius 1 is 0.605 bits per heavy atom. The standard InChI is InChI=1S/C35H25N3/c1-2-33-36-30-19-11-21-32-35(30)38(33)34-28(18-10-20-31(34)37(32)24-13-4-3-5-14-24)29-22-23-12-6-7-15-25(23)26-16-8-9-17-27(26)29/h3-22H,2H2,1H3. The zero-order valence-electron chi connectivity index (χ0n) is 21.1. The lowest BCUT2D eigenvalue weighted by Crippen LogP contribution is -2.19. The minimum atomic E-state index is 0.853. The molecule has 3 heteroatoms. The van der Waals surface area contributed by atoms with Crippen LogP contribution in [0.15, 0.2) is 121 Å². The molecule has 8 rings (SSSR count). The Hall–Kier alpha value is -4.89. The SMILES string of the molecule is CCc1nc2cccc3c2n1-c1c(-c2cc4ccccc4c4ccccc24)cccc1N3c1ccccc1. The zero-order chi connectivity index (χ0) is 25.2. The van der Waals surface area contributed by atoms with E-state index in [9.17, 15) is 0 Å². The Morgan fingerprint density at radius 2 is 1.32 bits per heavy atom. The molecule has 0 aliphatic carbocycles. The van der Waals surface area contributed by atoms with E-state index in [2.05, 4.69) is 138 Å². The predicted molar refractivity (Wildman–Crippen MR) is 159 cm³/mol. The summed E-state index contributed by atoms with van der Waals surface area (Å²) in [6.07, 6.45) is 0.853. The highest BCUT2D eigenvalue weighted by Gasteiger charge is 2.30. The minimum absolute atomic E-state index is 0.853. The zero-order valence-corrected chi connectivity index (χ0v) is 21.1. The Morgan fingerprint density at radius 3 is 2.16 bits per heavy atom. The van der Waals surface area contributed by atoms with Crippen LogP contribution in [0, 0.1) is 0 Å². The van der Waals surface area contributed by atoms with Crippen LogP contribution in [0.4, 0.5) is 17.1 Å². The van der Waals surface area contributed by atoms with Gasteiger partial charge in [0.1, 0.15) is 5.82 Å². The molecule has 0 amide bonds. The van der Waals surface area contributed by atoms with Gasteiger partial charge in [-0.25, -0.2) is 4.98 Å². The van der Waals surface area contributed by atoms with Crippen molar-refractivity contribution in [3.8, 4) is 16.8 Å². The maximum absolute atomic E-state index is 5.11. The molecule has 38 heavy (non-hydrogen) atoms. The second-order valence-corrected chi connectivity index (χ2v) is 9.90. The van der Waals surface area contributed by atoms with E-state index >= 15 is 0 Å². The average molecular weight is 488 g/mol. The molecule has 6 aromatic carbocycles. The van der Waals surface area contributed by atoms with Gasteiger partial charge < -0.3 is 4.90 Å². The number of imidazole rings is 1. The Balaban J connectivity index is 1.54. The molecule has 0 saturated heterocycles. The summed E-state index contributed by atoms with van der Waals surface area (Å²) < 4.78 is 2.42. The van der Waals surface area contributed by atoms with Crippen LogP contribution in [0.2, 0.25) is 0 Å². The van der Waals surface area contributed by atoms with Crippen LogP contribution in [-0.4, -0.2) is 9.55 Å². The normalized spacial score (nSPS) is 12.4. The third kappa shape index (κ3) is 2.87. The lowest BCUT2D eigenvalue weighted by Gasteiger charge is -2.34. The summed E-state index contributed by atoms with van der Waals surface area (Å²) in [6, 6.07) is 43.7. The number of anilines is 3. The Kier molecular flexibility index (Phi) is 4.50. The Bertz CT molecular complexity index is 2020. The number of fused-ring (bicyclic) bond motifs is 5. The van der Waals surface area contributed by atoms with E-state index in [1.165, 1.54) is 49.6 Å². The van der Waals surface area contributed by atoms with Gasteiger partial charge >= 0.3 is 0 Å². The molecule has 3 nitrogen and oxygen atoms in total. The van der Waals surface area contributed by atoms with Gasteiger partial charge in [0.25, 0.3) is 0 Å². The quantitative estimate of drug-likeness (QED) is 0.232. The van der Waals surface area contributed by atoms with Crippen molar-refractivity contribution >= 4 is 49.6 Å². The largest absolute Gasteiger partial charge is 0.306 e. The molecule has 7 aromatic rings. The van der Waals surface area contributed by atoms with Crippen LogP contribution >= 0.6 is 0 Å². The van der Waals surface area contributed by atoms with Crippen LogP contribution in [0.1, 0.15) is 12.7 Å². The van der Waals surface area contributed by atoms with Crippen LogP contribution < -0.4 is 4.90 Å². The van der Waals surface area contributed by atoms with Crippen molar-refractivity contribution < 1.29 is 0 Å². The second-order valence-electron chi connectivity index (χ2n) is 9.90. The number of aromatic nitrogens is 2. The molecule has 0 spiro atoms. The van der Waals surface area contributed by atoms with Crippen molar-refractivity contribution in [3.63, 3.8) is 0 Å². The molecule has 0 fully saturated rings. The molecule has 0 saturated carbocycles. The van der Waals surface area contributed by atoms with Crippen molar-refractivity contribution in [1.29, 1.82) is 0 Å². The summed E-state index contributed by atoms with van der Waals surface area (Å²) in [6.45, 7) is 2.20. The second kappa shape index (κ2) is 8.06. The highest BCUT2D eigenvalue weighted by molar-refractivity contribution is 6.15. The fourth-order valence-corrected chi connectivity index (χ4v) is 6.24. The topological polar surface area (TPSA) is 21.1 Å². The first-order chi connectivity index (χ1) is 18.8. The van der Waals surface area contributed by atoms with Crippen LogP contribution in [0.3, 0.4) is 0 Å². The Labute approximate surface area is 221 Å². The van der Waals surface area contributed by atoms with E-state index in [1.54, 1.807) is 0 Å². The number of aryl methyl sites for hydroxylation is 1. The summed E-state index contributed by atoms with van der Waals surface area (Å²) >= 11 is 0. The lowest BCUT2D eigenvalue weighted by atomic mass is 9.91. The summed E-state index contributed by atoms with van der Waals surface area (Å²) in [5, 5.41) is 5.08. The average Bonchev–Trinajstić information content (AvgIpc) is 3.37. The minimum Gasteiger partial charge on any atom is -0.306 e. The van der Waals surface area contributed by atoms with E-state index in [1.807, 2.05) is 0 Å². The number of rotatable bonds is 3. The van der Waals surface area contributed by atoms with Crippen molar-refractivity contribution in [2.24, 2.45) is 0 Å². The summed E-state index contributed by atoms with van der Waals surface area (Å²) in [5.41, 5.74) is 9.32. The van der Waals surface area contributed by atoms with Gasteiger partial charge in [-0.05, 0) is 63.5 Å². The van der Waals surface area contributed by atoms with Gasteiger partial charge in [0.05, 0.1) is 28.1 Å². The van der Waals surface area contributed by atoms with Gasteiger partial charge in [-0.3, -0.25) is 4.57 Å². The van der Waals surface area contributed by atoms with Crippen molar-refractivity contribution in [2.75, 3.05) is 4.90 Å². The maximum Gasteiger partial charge on any atom is 0.114 e. The molecule has 0 atom stereocenters. The van der Waals surface area contributed by atoms with Crippen molar-refractivity contribution in [3.05, 3.63) is 127 Å². The van der Waals surface area contributed by atoms with E-state index in [0.717, 1.165) is 29.1 Å². The van der Waals surface area contributed by atoms with Gasteiger partial charge in [0.2, 0.25) is 0 Å². The van der Waals surface area contributed by atoms with E-state index in [0.29, 0.717) is 0 Å². The smallest absolute Gasteiger partial charge is 0.114 e. The number of para-hydroxylation sites is 3. The fraction of sp³-hybridized carbons (Fsp3) is 0.0571. The molecule has 2 heterocycles. The summed E-state index contributed by atoms with van der Waals surface area (Å²) in [5.74, 6) is 1.08. The number of benzene rings is 6. The molecular formula is C35H25N3. The fourth-order valence-electron chi connectivity index (χ4n) is 6.24. The predicted octanol–water partition coefficient (Wildman–Crippen LogP) is 9.34.